The lowest BCUT2D eigenvalue weighted by Gasteiger charge is -2.32. The first-order valence-corrected chi connectivity index (χ1v) is 8.69. The summed E-state index contributed by atoms with van der Waals surface area (Å²) in [6.07, 6.45) is 1.39. The maximum absolute atomic E-state index is 11.7. The Bertz CT molecular complexity index is 604. The number of carbonyl (C=O) groups is 1. The Morgan fingerprint density at radius 1 is 1.28 bits per heavy atom. The fraction of sp³-hybridized carbons (Fsp3) is 0.529. The summed E-state index contributed by atoms with van der Waals surface area (Å²) < 4.78 is 15.6. The zero-order chi connectivity index (χ0) is 18.2. The van der Waals surface area contributed by atoms with Crippen molar-refractivity contribution < 1.29 is 19.0 Å². The summed E-state index contributed by atoms with van der Waals surface area (Å²) in [5.74, 6) is 1.37. The quantitative estimate of drug-likeness (QED) is 0.775. The highest BCUT2D eigenvalue weighted by Crippen LogP contribution is 2.29. The number of hydrogen-bond acceptors (Lipinski definition) is 5. The van der Waals surface area contributed by atoms with Gasteiger partial charge in [-0.25, -0.2) is 4.79 Å². The molecule has 0 aliphatic carbocycles. The first-order chi connectivity index (χ1) is 12.1. The van der Waals surface area contributed by atoms with Crippen molar-refractivity contribution in [1.29, 1.82) is 0 Å². The number of amides is 1. The molecule has 0 radical (unpaired) electrons. The monoisotopic (exact) mass is 367 g/mol. The third-order valence-electron chi connectivity index (χ3n) is 4.01. The van der Waals surface area contributed by atoms with Crippen LogP contribution in [0.25, 0.3) is 0 Å². The van der Waals surface area contributed by atoms with Crippen molar-refractivity contribution in [3.63, 3.8) is 0 Å². The van der Waals surface area contributed by atoms with Crippen molar-refractivity contribution in [2.75, 3.05) is 39.2 Å². The fourth-order valence-corrected chi connectivity index (χ4v) is 2.94. The minimum Gasteiger partial charge on any atom is -0.497 e. The van der Waals surface area contributed by atoms with Gasteiger partial charge in [-0.2, -0.15) is 0 Å². The van der Waals surface area contributed by atoms with E-state index in [2.05, 4.69) is 10.6 Å². The molecule has 0 bridgehead atoms. The lowest BCUT2D eigenvalue weighted by atomic mass is 10.1. The van der Waals surface area contributed by atoms with Gasteiger partial charge in [0.2, 0.25) is 0 Å². The van der Waals surface area contributed by atoms with E-state index in [1.165, 1.54) is 0 Å². The number of carbonyl (C=O) groups excluding carboxylic acids is 1. The normalized spacial score (nSPS) is 14.6. The van der Waals surface area contributed by atoms with E-state index in [1.807, 2.05) is 19.1 Å². The van der Waals surface area contributed by atoms with Crippen LogP contribution in [0, 0.1) is 0 Å². The molecule has 0 aromatic heterocycles. The van der Waals surface area contributed by atoms with Gasteiger partial charge in [-0.05, 0) is 44.1 Å². The topological polar surface area (TPSA) is 72.1 Å². The van der Waals surface area contributed by atoms with Gasteiger partial charge in [0.05, 0.1) is 26.5 Å². The number of likely N-dealkylation sites (tertiary alicyclic amines) is 1. The van der Waals surface area contributed by atoms with E-state index in [0.717, 1.165) is 18.5 Å². The van der Waals surface area contributed by atoms with Crippen LogP contribution in [0.5, 0.6) is 11.5 Å². The Labute approximate surface area is 153 Å². The average Bonchev–Trinajstić information content (AvgIpc) is 2.62. The molecule has 2 rings (SSSR count). The Balaban J connectivity index is 1.84. The van der Waals surface area contributed by atoms with Crippen LogP contribution in [-0.2, 0) is 4.74 Å². The maximum atomic E-state index is 11.7. The number of hydrogen-bond donors (Lipinski definition) is 2. The Kier molecular flexibility index (Phi) is 7.12. The first-order valence-electron chi connectivity index (χ1n) is 8.28. The van der Waals surface area contributed by atoms with Gasteiger partial charge >= 0.3 is 6.09 Å². The molecule has 25 heavy (non-hydrogen) atoms. The van der Waals surface area contributed by atoms with Crippen molar-refractivity contribution in [3.8, 4) is 11.5 Å². The minimum atomic E-state index is -0.246. The second-order valence-electron chi connectivity index (χ2n) is 5.62. The van der Waals surface area contributed by atoms with Crippen molar-refractivity contribution >= 4 is 29.1 Å². The summed E-state index contributed by atoms with van der Waals surface area (Å²) in [5, 5.41) is 6.97. The summed E-state index contributed by atoms with van der Waals surface area (Å²) in [4.78, 5) is 13.4. The molecule has 1 heterocycles. The van der Waals surface area contributed by atoms with E-state index >= 15 is 0 Å². The number of methoxy groups -OCH3 is 2. The van der Waals surface area contributed by atoms with Gasteiger partial charge in [0.1, 0.15) is 11.5 Å². The van der Waals surface area contributed by atoms with E-state index in [1.54, 1.807) is 25.2 Å². The average molecular weight is 367 g/mol. The highest BCUT2D eigenvalue weighted by atomic mass is 32.1. The number of nitrogens with zero attached hydrogens (tertiary/aromatic N) is 1. The molecule has 7 nitrogen and oxygen atoms in total. The summed E-state index contributed by atoms with van der Waals surface area (Å²) in [5.41, 5.74) is 0.768. The molecule has 138 valence electrons. The predicted molar refractivity (Wildman–Crippen MR) is 101 cm³/mol. The fourth-order valence-electron chi connectivity index (χ4n) is 2.67. The van der Waals surface area contributed by atoms with E-state index in [0.29, 0.717) is 36.3 Å². The summed E-state index contributed by atoms with van der Waals surface area (Å²) in [6, 6.07) is 5.71. The predicted octanol–water partition coefficient (Wildman–Crippen LogP) is 2.61. The van der Waals surface area contributed by atoms with Crippen molar-refractivity contribution in [2.24, 2.45) is 0 Å². The molecular weight excluding hydrogens is 342 g/mol. The Morgan fingerprint density at radius 3 is 2.60 bits per heavy atom. The first kappa shape index (κ1) is 19.1. The molecule has 1 aromatic carbocycles. The lowest BCUT2D eigenvalue weighted by Crippen LogP contribution is -2.47. The van der Waals surface area contributed by atoms with Crippen molar-refractivity contribution in [3.05, 3.63) is 18.2 Å². The molecule has 0 atom stereocenters. The molecule has 1 aliphatic heterocycles. The molecule has 1 amide bonds. The number of nitrogens with one attached hydrogen (secondary N) is 2. The van der Waals surface area contributed by atoms with E-state index in [-0.39, 0.29) is 12.1 Å². The molecule has 1 aromatic rings. The molecule has 1 saturated heterocycles. The largest absolute Gasteiger partial charge is 0.497 e. The highest BCUT2D eigenvalue weighted by molar-refractivity contribution is 7.80. The second-order valence-corrected chi connectivity index (χ2v) is 6.03. The van der Waals surface area contributed by atoms with Crippen LogP contribution in [0.2, 0.25) is 0 Å². The van der Waals surface area contributed by atoms with Gasteiger partial charge < -0.3 is 29.7 Å². The molecule has 1 fully saturated rings. The summed E-state index contributed by atoms with van der Waals surface area (Å²) >= 11 is 5.39. The van der Waals surface area contributed by atoms with E-state index in [9.17, 15) is 4.79 Å². The second kappa shape index (κ2) is 9.31. The van der Waals surface area contributed by atoms with Crippen molar-refractivity contribution in [1.82, 2.24) is 10.2 Å². The van der Waals surface area contributed by atoms with Crippen LogP contribution in [0.15, 0.2) is 18.2 Å². The molecule has 8 heteroatoms. The van der Waals surface area contributed by atoms with Crippen molar-refractivity contribution in [2.45, 2.75) is 25.8 Å². The lowest BCUT2D eigenvalue weighted by molar-refractivity contribution is 0.0964. The number of thiocarbonyl (C=S) groups is 1. The molecule has 0 spiro atoms. The highest BCUT2D eigenvalue weighted by Gasteiger charge is 2.24. The zero-order valence-electron chi connectivity index (χ0n) is 14.8. The van der Waals surface area contributed by atoms with E-state index in [4.69, 9.17) is 26.4 Å². The molecule has 2 N–H and O–H groups in total. The minimum absolute atomic E-state index is 0.218. The number of ether oxygens (including phenoxy) is 3. The van der Waals surface area contributed by atoms with Crippen LogP contribution < -0.4 is 20.1 Å². The third kappa shape index (κ3) is 5.38. The van der Waals surface area contributed by atoms with Crippen LogP contribution in [0.1, 0.15) is 19.8 Å². The van der Waals surface area contributed by atoms with Gasteiger partial charge in [-0.15, -0.1) is 0 Å². The molecular formula is C17H25N3O4S. The number of rotatable bonds is 5. The van der Waals surface area contributed by atoms with Crippen LogP contribution in [0.4, 0.5) is 10.5 Å². The Hall–Kier alpha value is -2.22. The molecule has 0 saturated carbocycles. The van der Waals surface area contributed by atoms with Gasteiger partial charge in [0, 0.05) is 25.2 Å². The van der Waals surface area contributed by atoms with Gasteiger partial charge in [0.25, 0.3) is 0 Å². The number of anilines is 1. The SMILES string of the molecule is CCOC(=O)N1CCC(NC(=S)Nc2ccc(OC)cc2OC)CC1. The standard InChI is InChI=1S/C17H25N3O4S/c1-4-24-17(21)20-9-7-12(8-10-20)18-16(25)19-14-6-5-13(22-2)11-15(14)23-3/h5-6,11-12H,4,7-10H2,1-3H3,(H2,18,19,25). The van der Waals surface area contributed by atoms with Gasteiger partial charge in [0.15, 0.2) is 5.11 Å². The van der Waals surface area contributed by atoms with Gasteiger partial charge in [-0.1, -0.05) is 0 Å². The number of piperidine rings is 1. The maximum Gasteiger partial charge on any atom is 0.409 e. The third-order valence-corrected chi connectivity index (χ3v) is 4.23. The zero-order valence-corrected chi connectivity index (χ0v) is 15.6. The van der Waals surface area contributed by atoms with Crippen LogP contribution in [-0.4, -0.2) is 56.1 Å². The van der Waals surface area contributed by atoms with Crippen LogP contribution in [0.3, 0.4) is 0 Å². The van der Waals surface area contributed by atoms with Gasteiger partial charge in [-0.3, -0.25) is 0 Å². The number of benzene rings is 1. The van der Waals surface area contributed by atoms with E-state index < -0.39 is 0 Å². The molecule has 0 unspecified atom stereocenters. The Morgan fingerprint density at radius 2 is 2.00 bits per heavy atom. The van der Waals surface area contributed by atoms with Crippen LogP contribution >= 0.6 is 12.2 Å². The summed E-state index contributed by atoms with van der Waals surface area (Å²) in [6.45, 7) is 3.52. The smallest absolute Gasteiger partial charge is 0.409 e. The molecule has 1 aliphatic rings. The summed E-state index contributed by atoms with van der Waals surface area (Å²) in [7, 11) is 3.21.